The molecule has 1 aliphatic heterocycles. The Balaban J connectivity index is 2.66. The molecule has 0 aromatic carbocycles. The molecule has 0 spiro atoms. The molecule has 1 heterocycles. The van der Waals surface area contributed by atoms with Crippen molar-refractivity contribution in [2.24, 2.45) is 0 Å². The Hall–Kier alpha value is -0.220. The molecule has 0 aromatic rings. The van der Waals surface area contributed by atoms with E-state index in [0.717, 1.165) is 0 Å². The summed E-state index contributed by atoms with van der Waals surface area (Å²) in [5, 5.41) is 3.45. The molecule has 0 aliphatic carbocycles. The van der Waals surface area contributed by atoms with Crippen molar-refractivity contribution < 1.29 is 9.53 Å². The largest absolute Gasteiger partial charge is 0.469 e. The molecular weight excluding hydrogens is 198 g/mol. The molecule has 0 amide bonds. The summed E-state index contributed by atoms with van der Waals surface area (Å²) in [4.78, 5) is 11.2. The van der Waals surface area contributed by atoms with E-state index in [1.807, 2.05) is 11.8 Å². The Morgan fingerprint density at radius 2 is 2.00 bits per heavy atom. The van der Waals surface area contributed by atoms with Gasteiger partial charge in [-0.25, -0.2) is 0 Å². The van der Waals surface area contributed by atoms with E-state index >= 15 is 0 Å². The Kier molecular flexibility index (Phi) is 3.17. The molecule has 0 bridgehead atoms. The molecule has 4 heteroatoms. The van der Waals surface area contributed by atoms with Gasteiger partial charge in [-0.1, -0.05) is 0 Å². The molecule has 1 rings (SSSR count). The Bertz CT molecular complexity index is 238. The van der Waals surface area contributed by atoms with Gasteiger partial charge in [0.05, 0.1) is 18.4 Å². The van der Waals surface area contributed by atoms with Crippen LogP contribution in [0.3, 0.4) is 0 Å². The summed E-state index contributed by atoms with van der Waals surface area (Å²) in [6.07, 6.45) is 0.444. The predicted octanol–water partition coefficient (Wildman–Crippen LogP) is 1.77. The van der Waals surface area contributed by atoms with Crippen LogP contribution in [0.2, 0.25) is 0 Å². The lowest BCUT2D eigenvalue weighted by atomic mass is 10.00. The lowest BCUT2D eigenvalue weighted by Gasteiger charge is -2.24. The number of nitrogens with one attached hydrogen (secondary N) is 1. The normalized spacial score (nSPS) is 28.8. The average molecular weight is 217 g/mol. The quantitative estimate of drug-likeness (QED) is 0.715. The summed E-state index contributed by atoms with van der Waals surface area (Å²) in [5.41, 5.74) is 0. The minimum Gasteiger partial charge on any atom is -0.469 e. The average Bonchev–Trinajstić information content (AvgIpc) is 2.19. The third-order valence-electron chi connectivity index (χ3n) is 2.48. The second kappa shape index (κ2) is 3.74. The number of esters is 1. The zero-order chi connectivity index (χ0) is 11.0. The van der Waals surface area contributed by atoms with Crippen LogP contribution < -0.4 is 5.32 Å². The van der Waals surface area contributed by atoms with Crippen molar-refractivity contribution in [2.45, 2.75) is 49.8 Å². The number of hydrogen-bond donors (Lipinski definition) is 1. The van der Waals surface area contributed by atoms with Crippen LogP contribution in [0.1, 0.15) is 34.1 Å². The van der Waals surface area contributed by atoms with Gasteiger partial charge in [-0.05, 0) is 27.7 Å². The molecule has 0 aromatic heterocycles. The van der Waals surface area contributed by atoms with Gasteiger partial charge >= 0.3 is 5.97 Å². The van der Waals surface area contributed by atoms with E-state index in [4.69, 9.17) is 0 Å². The summed E-state index contributed by atoms with van der Waals surface area (Å²) in [5.74, 6) is -0.145. The second-order valence-corrected chi connectivity index (χ2v) is 6.97. The first-order chi connectivity index (χ1) is 6.27. The van der Waals surface area contributed by atoms with E-state index in [9.17, 15) is 4.79 Å². The summed E-state index contributed by atoms with van der Waals surface area (Å²) < 4.78 is 4.77. The molecular formula is C10H19NO2S. The molecule has 1 unspecified atom stereocenters. The molecule has 14 heavy (non-hydrogen) atoms. The van der Waals surface area contributed by atoms with Crippen LogP contribution in [0.15, 0.2) is 0 Å². The minimum absolute atomic E-state index is 0.0438. The standard InChI is InChI=1S/C10H19NO2S/c1-9(2)7(6-8(12)13-5)11-10(3,4)14-9/h7,11H,6H2,1-5H3. The first kappa shape index (κ1) is 11.9. The van der Waals surface area contributed by atoms with Crippen LogP contribution in [-0.2, 0) is 9.53 Å². The topological polar surface area (TPSA) is 38.3 Å². The smallest absolute Gasteiger partial charge is 0.307 e. The third-order valence-corrected chi connectivity index (χ3v) is 3.92. The van der Waals surface area contributed by atoms with Crippen molar-refractivity contribution in [2.75, 3.05) is 7.11 Å². The second-order valence-electron chi connectivity index (χ2n) is 4.69. The van der Waals surface area contributed by atoms with Crippen molar-refractivity contribution in [1.29, 1.82) is 0 Å². The van der Waals surface area contributed by atoms with Gasteiger partial charge in [-0.3, -0.25) is 10.1 Å². The van der Waals surface area contributed by atoms with Crippen molar-refractivity contribution in [3.05, 3.63) is 0 Å². The van der Waals surface area contributed by atoms with Crippen LogP contribution in [0, 0.1) is 0 Å². The molecule has 0 radical (unpaired) electrons. The van der Waals surface area contributed by atoms with Gasteiger partial charge in [-0.2, -0.15) is 0 Å². The Morgan fingerprint density at radius 1 is 1.43 bits per heavy atom. The number of ether oxygens (including phenoxy) is 1. The van der Waals surface area contributed by atoms with Crippen molar-refractivity contribution in [3.63, 3.8) is 0 Å². The van der Waals surface area contributed by atoms with Gasteiger partial charge in [0.25, 0.3) is 0 Å². The van der Waals surface area contributed by atoms with Crippen LogP contribution in [0.25, 0.3) is 0 Å². The summed E-state index contributed by atoms with van der Waals surface area (Å²) >= 11 is 1.87. The van der Waals surface area contributed by atoms with E-state index < -0.39 is 0 Å². The molecule has 1 fully saturated rings. The van der Waals surface area contributed by atoms with Crippen LogP contribution in [0.4, 0.5) is 0 Å². The number of carbonyl (C=O) groups is 1. The maximum atomic E-state index is 11.2. The van der Waals surface area contributed by atoms with Gasteiger partial charge in [0.1, 0.15) is 0 Å². The number of thioether (sulfide) groups is 1. The van der Waals surface area contributed by atoms with Crippen molar-refractivity contribution in [1.82, 2.24) is 5.32 Å². The zero-order valence-corrected chi connectivity index (χ0v) is 10.3. The number of hydrogen-bond acceptors (Lipinski definition) is 4. The zero-order valence-electron chi connectivity index (χ0n) is 9.51. The van der Waals surface area contributed by atoms with Crippen LogP contribution in [-0.4, -0.2) is 28.7 Å². The molecule has 1 N–H and O–H groups in total. The maximum absolute atomic E-state index is 11.2. The fourth-order valence-electron chi connectivity index (χ4n) is 1.90. The molecule has 1 saturated heterocycles. The lowest BCUT2D eigenvalue weighted by molar-refractivity contribution is -0.141. The summed E-state index contributed by atoms with van der Waals surface area (Å²) in [6, 6.07) is 0.190. The third kappa shape index (κ3) is 2.64. The van der Waals surface area contributed by atoms with Gasteiger partial charge in [0.2, 0.25) is 0 Å². The van der Waals surface area contributed by atoms with Gasteiger partial charge < -0.3 is 4.74 Å². The Morgan fingerprint density at radius 3 is 2.36 bits per heavy atom. The van der Waals surface area contributed by atoms with Gasteiger partial charge in [-0.15, -0.1) is 11.8 Å². The summed E-state index contributed by atoms with van der Waals surface area (Å²) in [6.45, 7) is 8.59. The SMILES string of the molecule is COC(=O)CC1NC(C)(C)SC1(C)C. The van der Waals surface area contributed by atoms with Crippen molar-refractivity contribution >= 4 is 17.7 Å². The molecule has 3 nitrogen and oxygen atoms in total. The highest BCUT2D eigenvalue weighted by Crippen LogP contribution is 2.44. The van der Waals surface area contributed by atoms with E-state index in [1.165, 1.54) is 7.11 Å². The molecule has 1 aliphatic rings. The highest BCUT2D eigenvalue weighted by atomic mass is 32.2. The number of rotatable bonds is 2. The molecule has 1 atom stereocenters. The first-order valence-corrected chi connectivity index (χ1v) is 5.63. The summed E-state index contributed by atoms with van der Waals surface area (Å²) in [7, 11) is 1.43. The maximum Gasteiger partial charge on any atom is 0.307 e. The predicted molar refractivity (Wildman–Crippen MR) is 59.3 cm³/mol. The number of carbonyl (C=O) groups excluding carboxylic acids is 1. The van der Waals surface area contributed by atoms with E-state index in [0.29, 0.717) is 6.42 Å². The van der Waals surface area contributed by atoms with Gasteiger partial charge in [0.15, 0.2) is 0 Å². The molecule has 0 saturated carbocycles. The minimum atomic E-state index is -0.145. The lowest BCUT2D eigenvalue weighted by Crippen LogP contribution is -2.42. The van der Waals surface area contributed by atoms with Crippen LogP contribution in [0.5, 0.6) is 0 Å². The van der Waals surface area contributed by atoms with Gasteiger partial charge in [0, 0.05) is 10.8 Å². The highest BCUT2D eigenvalue weighted by molar-refractivity contribution is 8.02. The fraction of sp³-hybridized carbons (Fsp3) is 0.900. The van der Waals surface area contributed by atoms with E-state index in [2.05, 4.69) is 37.7 Å². The highest BCUT2D eigenvalue weighted by Gasteiger charge is 2.45. The van der Waals surface area contributed by atoms with E-state index in [1.54, 1.807) is 0 Å². The Labute approximate surface area is 90.0 Å². The molecule has 82 valence electrons. The number of methoxy groups -OCH3 is 1. The fourth-order valence-corrected chi connectivity index (χ4v) is 3.70. The monoisotopic (exact) mass is 217 g/mol. The van der Waals surface area contributed by atoms with Crippen LogP contribution >= 0.6 is 11.8 Å². The van der Waals surface area contributed by atoms with E-state index in [-0.39, 0.29) is 21.6 Å². The first-order valence-electron chi connectivity index (χ1n) is 4.81. The van der Waals surface area contributed by atoms with Crippen molar-refractivity contribution in [3.8, 4) is 0 Å².